The molecule has 2 aromatic rings. The summed E-state index contributed by atoms with van der Waals surface area (Å²) >= 11 is 0. The Bertz CT molecular complexity index is 664. The molecule has 3 N–H and O–H groups in total. The summed E-state index contributed by atoms with van der Waals surface area (Å²) in [6, 6.07) is 7.88. The van der Waals surface area contributed by atoms with Crippen molar-refractivity contribution in [1.29, 1.82) is 0 Å². The number of amides is 1. The van der Waals surface area contributed by atoms with Crippen molar-refractivity contribution < 1.29 is 9.53 Å². The topological polar surface area (TPSA) is 79.0 Å². The highest BCUT2D eigenvalue weighted by atomic mass is 16.5. The van der Waals surface area contributed by atoms with E-state index in [2.05, 4.69) is 27.8 Å². The van der Waals surface area contributed by atoms with Crippen molar-refractivity contribution in [3.63, 3.8) is 0 Å². The Morgan fingerprint density at radius 1 is 1.35 bits per heavy atom. The summed E-state index contributed by atoms with van der Waals surface area (Å²) in [5, 5.41) is 13.2. The number of aromatic amines is 1. The highest BCUT2D eigenvalue weighted by Gasteiger charge is 2.18. The molecule has 0 atom stereocenters. The third kappa shape index (κ3) is 3.90. The van der Waals surface area contributed by atoms with Crippen molar-refractivity contribution in [3.8, 4) is 5.75 Å². The van der Waals surface area contributed by atoms with Crippen LogP contribution in [0.3, 0.4) is 0 Å². The lowest BCUT2D eigenvalue weighted by Gasteiger charge is -2.13. The number of rotatable bonds is 6. The van der Waals surface area contributed by atoms with Gasteiger partial charge in [0.2, 0.25) is 0 Å². The molecule has 1 aromatic carbocycles. The number of H-pyrrole nitrogens is 1. The van der Waals surface area contributed by atoms with Gasteiger partial charge in [0.15, 0.2) is 12.4 Å². The third-order valence-corrected chi connectivity index (χ3v) is 3.90. The zero-order chi connectivity index (χ0) is 16.1. The molecule has 0 bridgehead atoms. The van der Waals surface area contributed by atoms with E-state index >= 15 is 0 Å². The van der Waals surface area contributed by atoms with Gasteiger partial charge in [-0.05, 0) is 37.1 Å². The number of carbonyl (C=O) groups excluding carboxylic acids is 1. The van der Waals surface area contributed by atoms with Crippen LogP contribution in [0.1, 0.15) is 30.2 Å². The normalized spacial score (nSPS) is 13.4. The standard InChI is InChI=1S/C17H22N4O2/c1-2-3-12-4-6-13(7-5-12)23-11-16(22)19-17-14-8-9-18-10-15(14)20-21-17/h4-7,18H,2-3,8-11H2,1H3,(H2,19,20,21,22). The Hall–Kier alpha value is -2.34. The zero-order valence-corrected chi connectivity index (χ0v) is 13.3. The van der Waals surface area contributed by atoms with E-state index in [-0.39, 0.29) is 12.5 Å². The SMILES string of the molecule is CCCc1ccc(OCC(=O)Nc2n[nH]c3c2CCNC3)cc1. The van der Waals surface area contributed by atoms with Crippen molar-refractivity contribution >= 4 is 11.7 Å². The summed E-state index contributed by atoms with van der Waals surface area (Å²) in [5.41, 5.74) is 3.40. The van der Waals surface area contributed by atoms with Gasteiger partial charge >= 0.3 is 0 Å². The van der Waals surface area contributed by atoms with E-state index in [0.717, 1.165) is 43.6 Å². The first-order chi connectivity index (χ1) is 11.3. The van der Waals surface area contributed by atoms with E-state index in [1.54, 1.807) is 0 Å². The van der Waals surface area contributed by atoms with Crippen LogP contribution in [0, 0.1) is 0 Å². The Labute approximate surface area is 135 Å². The highest BCUT2D eigenvalue weighted by Crippen LogP contribution is 2.20. The lowest BCUT2D eigenvalue weighted by molar-refractivity contribution is -0.118. The third-order valence-electron chi connectivity index (χ3n) is 3.90. The molecular formula is C17H22N4O2. The van der Waals surface area contributed by atoms with Crippen LogP contribution in [0.25, 0.3) is 0 Å². The number of hydrogen-bond donors (Lipinski definition) is 3. The quantitative estimate of drug-likeness (QED) is 0.762. The van der Waals surface area contributed by atoms with E-state index in [9.17, 15) is 4.79 Å². The molecule has 23 heavy (non-hydrogen) atoms. The van der Waals surface area contributed by atoms with Gasteiger partial charge in [-0.1, -0.05) is 25.5 Å². The number of carbonyl (C=O) groups is 1. The smallest absolute Gasteiger partial charge is 0.263 e. The average molecular weight is 314 g/mol. The largest absolute Gasteiger partial charge is 0.484 e. The van der Waals surface area contributed by atoms with Crippen LogP contribution in [0.4, 0.5) is 5.82 Å². The molecule has 2 heterocycles. The van der Waals surface area contributed by atoms with Gasteiger partial charge in [-0.2, -0.15) is 5.10 Å². The molecule has 0 radical (unpaired) electrons. The molecule has 1 aliphatic rings. The van der Waals surface area contributed by atoms with E-state index in [1.165, 1.54) is 5.56 Å². The minimum Gasteiger partial charge on any atom is -0.484 e. The summed E-state index contributed by atoms with van der Waals surface area (Å²) in [5.74, 6) is 1.12. The van der Waals surface area contributed by atoms with E-state index in [4.69, 9.17) is 4.74 Å². The number of fused-ring (bicyclic) bond motifs is 1. The van der Waals surface area contributed by atoms with Crippen LogP contribution in [0.15, 0.2) is 24.3 Å². The first-order valence-corrected chi connectivity index (χ1v) is 8.04. The van der Waals surface area contributed by atoms with Gasteiger partial charge in [-0.15, -0.1) is 0 Å². The molecule has 0 spiro atoms. The molecule has 0 aliphatic carbocycles. The van der Waals surface area contributed by atoms with Gasteiger partial charge in [0.25, 0.3) is 5.91 Å². The lowest BCUT2D eigenvalue weighted by Crippen LogP contribution is -2.25. The monoisotopic (exact) mass is 314 g/mol. The summed E-state index contributed by atoms with van der Waals surface area (Å²) in [6.07, 6.45) is 3.03. The van der Waals surface area contributed by atoms with Gasteiger partial charge < -0.3 is 15.4 Å². The van der Waals surface area contributed by atoms with Crippen LogP contribution in [-0.2, 0) is 24.2 Å². The minimum absolute atomic E-state index is 0.0208. The molecule has 0 saturated heterocycles. The van der Waals surface area contributed by atoms with E-state index < -0.39 is 0 Å². The molecule has 0 unspecified atom stereocenters. The number of aryl methyl sites for hydroxylation is 1. The fourth-order valence-electron chi connectivity index (χ4n) is 2.70. The van der Waals surface area contributed by atoms with Gasteiger partial charge in [-0.3, -0.25) is 9.89 Å². The maximum Gasteiger partial charge on any atom is 0.263 e. The summed E-state index contributed by atoms with van der Waals surface area (Å²) < 4.78 is 5.53. The van der Waals surface area contributed by atoms with Gasteiger partial charge in [0, 0.05) is 12.1 Å². The first kappa shape index (κ1) is 15.6. The molecule has 1 aromatic heterocycles. The fraction of sp³-hybridized carbons (Fsp3) is 0.412. The molecule has 1 amide bonds. The Morgan fingerprint density at radius 3 is 2.96 bits per heavy atom. The summed E-state index contributed by atoms with van der Waals surface area (Å²) in [7, 11) is 0. The predicted octanol–water partition coefficient (Wildman–Crippen LogP) is 2.03. The molecule has 122 valence electrons. The number of nitrogens with one attached hydrogen (secondary N) is 3. The Morgan fingerprint density at radius 2 is 2.17 bits per heavy atom. The second-order valence-electron chi connectivity index (χ2n) is 5.69. The van der Waals surface area contributed by atoms with Crippen LogP contribution < -0.4 is 15.4 Å². The second kappa shape index (κ2) is 7.28. The zero-order valence-electron chi connectivity index (χ0n) is 13.3. The predicted molar refractivity (Wildman–Crippen MR) is 88.6 cm³/mol. The fourth-order valence-corrected chi connectivity index (χ4v) is 2.70. The minimum atomic E-state index is -0.199. The number of ether oxygens (including phenoxy) is 1. The maximum atomic E-state index is 12.0. The van der Waals surface area contributed by atoms with Crippen molar-refractivity contribution in [2.75, 3.05) is 18.5 Å². The van der Waals surface area contributed by atoms with Crippen molar-refractivity contribution in [3.05, 3.63) is 41.1 Å². The molecule has 0 fully saturated rings. The average Bonchev–Trinajstić information content (AvgIpc) is 2.98. The molecule has 0 saturated carbocycles. The maximum absolute atomic E-state index is 12.0. The molecule has 6 heteroatoms. The first-order valence-electron chi connectivity index (χ1n) is 8.04. The van der Waals surface area contributed by atoms with Crippen LogP contribution in [0.5, 0.6) is 5.75 Å². The number of hydrogen-bond acceptors (Lipinski definition) is 4. The number of anilines is 1. The number of aromatic nitrogens is 2. The van der Waals surface area contributed by atoms with Crippen LogP contribution in [-0.4, -0.2) is 29.3 Å². The Kier molecular flexibility index (Phi) is 4.92. The van der Waals surface area contributed by atoms with E-state index in [1.807, 2.05) is 24.3 Å². The molecule has 1 aliphatic heterocycles. The lowest BCUT2D eigenvalue weighted by atomic mass is 10.1. The van der Waals surface area contributed by atoms with E-state index in [0.29, 0.717) is 11.6 Å². The van der Waals surface area contributed by atoms with Crippen molar-refractivity contribution in [1.82, 2.24) is 15.5 Å². The van der Waals surface area contributed by atoms with Gasteiger partial charge in [0.05, 0.1) is 5.69 Å². The van der Waals surface area contributed by atoms with Crippen LogP contribution >= 0.6 is 0 Å². The molecular weight excluding hydrogens is 292 g/mol. The van der Waals surface area contributed by atoms with Crippen LogP contribution in [0.2, 0.25) is 0 Å². The van der Waals surface area contributed by atoms with Crippen molar-refractivity contribution in [2.45, 2.75) is 32.7 Å². The van der Waals surface area contributed by atoms with Gasteiger partial charge in [-0.25, -0.2) is 0 Å². The molecule has 6 nitrogen and oxygen atoms in total. The van der Waals surface area contributed by atoms with Gasteiger partial charge in [0.1, 0.15) is 5.75 Å². The number of benzene rings is 1. The summed E-state index contributed by atoms with van der Waals surface area (Å²) in [6.45, 7) is 3.79. The highest BCUT2D eigenvalue weighted by molar-refractivity contribution is 5.91. The Balaban J connectivity index is 1.52. The molecule has 3 rings (SSSR count). The van der Waals surface area contributed by atoms with Crippen molar-refractivity contribution in [2.24, 2.45) is 0 Å². The second-order valence-corrected chi connectivity index (χ2v) is 5.69. The number of nitrogens with zero attached hydrogens (tertiary/aromatic N) is 1. The summed E-state index contributed by atoms with van der Waals surface area (Å²) in [4.78, 5) is 12.0.